The third-order valence-corrected chi connectivity index (χ3v) is 2.20. The first-order chi connectivity index (χ1) is 6.56. The molecule has 0 aromatic rings. The van der Waals surface area contributed by atoms with Gasteiger partial charge in [0, 0.05) is 0 Å². The smallest absolute Gasteiger partial charge is 0.0614 e. The lowest BCUT2D eigenvalue weighted by atomic mass is 10.0. The molecule has 0 bridgehead atoms. The van der Waals surface area contributed by atoms with Crippen LogP contribution < -0.4 is 0 Å². The first-order valence-electron chi connectivity index (χ1n) is 5.48. The zero-order chi connectivity index (χ0) is 11.0. The van der Waals surface area contributed by atoms with E-state index >= 15 is 0 Å². The Labute approximate surface area is 88.5 Å². The second-order valence-electron chi connectivity index (χ2n) is 4.42. The molecular weight excluding hydrogens is 172 g/mol. The molecular formula is C13H24O. The van der Waals surface area contributed by atoms with Gasteiger partial charge in [-0.2, -0.15) is 0 Å². The van der Waals surface area contributed by atoms with Gasteiger partial charge in [0.05, 0.1) is 6.61 Å². The van der Waals surface area contributed by atoms with Crippen molar-refractivity contribution in [3.63, 3.8) is 0 Å². The van der Waals surface area contributed by atoms with Crippen molar-refractivity contribution in [2.75, 3.05) is 6.61 Å². The Morgan fingerprint density at radius 1 is 1.14 bits per heavy atom. The van der Waals surface area contributed by atoms with Gasteiger partial charge in [-0.3, -0.25) is 0 Å². The molecule has 0 radical (unpaired) electrons. The molecule has 1 heteroatoms. The number of hydrogen-bond acceptors (Lipinski definition) is 1. The second-order valence-corrected chi connectivity index (χ2v) is 4.42. The van der Waals surface area contributed by atoms with Crippen molar-refractivity contribution in [2.24, 2.45) is 5.92 Å². The maximum absolute atomic E-state index is 8.67. The Balaban J connectivity index is 3.75. The summed E-state index contributed by atoms with van der Waals surface area (Å²) < 4.78 is 0. The fourth-order valence-corrected chi connectivity index (χ4v) is 1.53. The normalized spacial score (nSPS) is 13.9. The maximum atomic E-state index is 8.67. The molecule has 0 atom stereocenters. The first-order valence-corrected chi connectivity index (χ1v) is 5.48. The summed E-state index contributed by atoms with van der Waals surface area (Å²) in [5.74, 6) is 0.750. The minimum absolute atomic E-state index is 0.167. The van der Waals surface area contributed by atoms with E-state index in [1.807, 2.05) is 6.08 Å². The summed E-state index contributed by atoms with van der Waals surface area (Å²) in [6.07, 6.45) is 7.56. The third kappa shape index (κ3) is 8.06. The number of aliphatic hydroxyl groups is 1. The molecule has 0 aromatic heterocycles. The van der Waals surface area contributed by atoms with Gasteiger partial charge in [0.15, 0.2) is 0 Å². The van der Waals surface area contributed by atoms with Crippen molar-refractivity contribution in [1.29, 1.82) is 0 Å². The molecule has 0 amide bonds. The molecule has 0 aliphatic carbocycles. The Morgan fingerprint density at radius 3 is 2.29 bits per heavy atom. The molecule has 0 heterocycles. The summed E-state index contributed by atoms with van der Waals surface area (Å²) in [7, 11) is 0. The van der Waals surface area contributed by atoms with Crippen molar-refractivity contribution in [3.8, 4) is 0 Å². The molecule has 1 nitrogen and oxygen atoms in total. The highest BCUT2D eigenvalue weighted by molar-refractivity contribution is 5.03. The van der Waals surface area contributed by atoms with Crippen molar-refractivity contribution in [2.45, 2.75) is 47.0 Å². The van der Waals surface area contributed by atoms with Crippen LogP contribution in [-0.4, -0.2) is 11.7 Å². The van der Waals surface area contributed by atoms with E-state index in [0.29, 0.717) is 0 Å². The van der Waals surface area contributed by atoms with Crippen molar-refractivity contribution in [3.05, 3.63) is 23.3 Å². The molecule has 0 saturated heterocycles. The highest BCUT2D eigenvalue weighted by atomic mass is 16.2. The average molecular weight is 196 g/mol. The van der Waals surface area contributed by atoms with Crippen LogP contribution in [0.3, 0.4) is 0 Å². The summed E-state index contributed by atoms with van der Waals surface area (Å²) in [6, 6.07) is 0. The van der Waals surface area contributed by atoms with E-state index in [1.165, 1.54) is 17.6 Å². The molecule has 14 heavy (non-hydrogen) atoms. The van der Waals surface area contributed by atoms with Gasteiger partial charge in [0.25, 0.3) is 0 Å². The number of rotatable bonds is 6. The number of aliphatic hydroxyl groups excluding tert-OH is 1. The van der Waals surface area contributed by atoms with E-state index in [1.54, 1.807) is 0 Å². The topological polar surface area (TPSA) is 20.2 Å². The van der Waals surface area contributed by atoms with Gasteiger partial charge in [0.2, 0.25) is 0 Å². The van der Waals surface area contributed by atoms with E-state index in [0.717, 1.165) is 18.8 Å². The number of hydrogen-bond donors (Lipinski definition) is 1. The second kappa shape index (κ2) is 7.81. The quantitative estimate of drug-likeness (QED) is 0.642. The van der Waals surface area contributed by atoms with Gasteiger partial charge in [-0.25, -0.2) is 0 Å². The molecule has 0 fully saturated rings. The Hall–Kier alpha value is -0.560. The van der Waals surface area contributed by atoms with Gasteiger partial charge in [-0.05, 0) is 39.0 Å². The highest BCUT2D eigenvalue weighted by Gasteiger charge is 1.95. The van der Waals surface area contributed by atoms with Crippen LogP contribution in [0.1, 0.15) is 47.0 Å². The highest BCUT2D eigenvalue weighted by Crippen LogP contribution is 2.12. The molecule has 0 aliphatic heterocycles. The third-order valence-electron chi connectivity index (χ3n) is 2.20. The van der Waals surface area contributed by atoms with Crippen molar-refractivity contribution >= 4 is 0 Å². The van der Waals surface area contributed by atoms with E-state index < -0.39 is 0 Å². The average Bonchev–Trinajstić information content (AvgIpc) is 2.02. The molecule has 0 rings (SSSR count). The zero-order valence-corrected chi connectivity index (χ0v) is 10.0. The summed E-state index contributed by atoms with van der Waals surface area (Å²) in [5.41, 5.74) is 2.76. The molecule has 0 saturated carbocycles. The van der Waals surface area contributed by atoms with Crippen LogP contribution >= 0.6 is 0 Å². The standard InChI is InChI=1S/C13H24O/c1-11(2)10-13(4)7-5-6-12(3)8-9-14/h7-8,11,14H,5-6,9-10H2,1-4H3/b12-8+,13-7?. The largest absolute Gasteiger partial charge is 0.392 e. The minimum atomic E-state index is 0.167. The lowest BCUT2D eigenvalue weighted by Crippen LogP contribution is -1.88. The van der Waals surface area contributed by atoms with Crippen LogP contribution in [0, 0.1) is 5.92 Å². The number of allylic oxidation sites excluding steroid dienone is 3. The SMILES string of the molecule is CC(=CCC/C(C)=C/CO)CC(C)C. The Morgan fingerprint density at radius 2 is 1.79 bits per heavy atom. The first kappa shape index (κ1) is 13.4. The lowest BCUT2D eigenvalue weighted by molar-refractivity contribution is 0.341. The van der Waals surface area contributed by atoms with Crippen molar-refractivity contribution < 1.29 is 5.11 Å². The van der Waals surface area contributed by atoms with Crippen LogP contribution in [0.5, 0.6) is 0 Å². The van der Waals surface area contributed by atoms with E-state index in [2.05, 4.69) is 33.8 Å². The monoisotopic (exact) mass is 196 g/mol. The van der Waals surface area contributed by atoms with E-state index in [4.69, 9.17) is 5.11 Å². The minimum Gasteiger partial charge on any atom is -0.392 e. The predicted octanol–water partition coefficient (Wildman–Crippen LogP) is 3.70. The Kier molecular flexibility index (Phi) is 7.50. The van der Waals surface area contributed by atoms with Gasteiger partial charge in [-0.1, -0.05) is 37.1 Å². The van der Waals surface area contributed by atoms with Crippen LogP contribution in [0.2, 0.25) is 0 Å². The molecule has 82 valence electrons. The van der Waals surface area contributed by atoms with E-state index in [-0.39, 0.29) is 6.61 Å². The van der Waals surface area contributed by atoms with Crippen LogP contribution in [-0.2, 0) is 0 Å². The van der Waals surface area contributed by atoms with Gasteiger partial charge in [0.1, 0.15) is 0 Å². The van der Waals surface area contributed by atoms with Gasteiger partial charge >= 0.3 is 0 Å². The maximum Gasteiger partial charge on any atom is 0.0614 e. The van der Waals surface area contributed by atoms with Gasteiger partial charge in [-0.15, -0.1) is 0 Å². The summed E-state index contributed by atoms with van der Waals surface area (Å²) in [6.45, 7) is 8.93. The van der Waals surface area contributed by atoms with E-state index in [9.17, 15) is 0 Å². The molecule has 0 aromatic carbocycles. The summed E-state index contributed by atoms with van der Waals surface area (Å²) in [5, 5.41) is 8.67. The summed E-state index contributed by atoms with van der Waals surface area (Å²) in [4.78, 5) is 0. The van der Waals surface area contributed by atoms with Crippen LogP contribution in [0.15, 0.2) is 23.3 Å². The Bertz CT molecular complexity index is 199. The molecule has 0 spiro atoms. The molecule has 0 aliphatic rings. The fraction of sp³-hybridized carbons (Fsp3) is 0.692. The molecule has 0 unspecified atom stereocenters. The fourth-order valence-electron chi connectivity index (χ4n) is 1.53. The van der Waals surface area contributed by atoms with Gasteiger partial charge < -0.3 is 5.11 Å². The van der Waals surface area contributed by atoms with Crippen LogP contribution in [0.25, 0.3) is 0 Å². The van der Waals surface area contributed by atoms with Crippen LogP contribution in [0.4, 0.5) is 0 Å². The zero-order valence-electron chi connectivity index (χ0n) is 10.0. The summed E-state index contributed by atoms with van der Waals surface area (Å²) >= 11 is 0. The molecule has 1 N–H and O–H groups in total. The predicted molar refractivity (Wildman–Crippen MR) is 63.3 cm³/mol. The van der Waals surface area contributed by atoms with Crippen molar-refractivity contribution in [1.82, 2.24) is 0 Å². The lowest BCUT2D eigenvalue weighted by Gasteiger charge is -2.04.